The Kier molecular flexibility index (Phi) is 7.09. The molecule has 4 nitrogen and oxygen atoms in total. The lowest BCUT2D eigenvalue weighted by Crippen LogP contribution is -2.42. The number of hydrogen-bond acceptors (Lipinski definition) is 3. The lowest BCUT2D eigenvalue weighted by molar-refractivity contribution is -0.124. The van der Waals surface area contributed by atoms with Crippen molar-refractivity contribution >= 4 is 5.91 Å². The fourth-order valence-corrected chi connectivity index (χ4v) is 1.72. The van der Waals surface area contributed by atoms with E-state index in [1.807, 2.05) is 44.1 Å². The number of benzene rings is 1. The Morgan fingerprint density at radius 2 is 2.15 bits per heavy atom. The highest BCUT2D eigenvalue weighted by Gasteiger charge is 2.13. The number of carbonyl (C=O) groups is 1. The lowest BCUT2D eigenvalue weighted by Gasteiger charge is -2.18. The van der Waals surface area contributed by atoms with Crippen molar-refractivity contribution in [3.8, 4) is 5.75 Å². The normalized spacial score (nSPS) is 12.2. The summed E-state index contributed by atoms with van der Waals surface area (Å²) in [6, 6.07) is 7.95. The van der Waals surface area contributed by atoms with Crippen LogP contribution in [0.15, 0.2) is 24.3 Å². The average Bonchev–Trinajstić information content (AvgIpc) is 2.44. The fourth-order valence-electron chi connectivity index (χ4n) is 1.72. The fraction of sp³-hybridized carbons (Fsp3) is 0.562. The second-order valence-corrected chi connectivity index (χ2v) is 5.18. The summed E-state index contributed by atoms with van der Waals surface area (Å²) in [5.41, 5.74) is 1.18. The third-order valence-corrected chi connectivity index (χ3v) is 3.24. The van der Waals surface area contributed by atoms with Gasteiger partial charge in [0.1, 0.15) is 5.75 Å². The van der Waals surface area contributed by atoms with E-state index in [2.05, 4.69) is 18.3 Å². The monoisotopic (exact) mass is 278 g/mol. The van der Waals surface area contributed by atoms with Crippen LogP contribution in [0, 0.1) is 0 Å². The first-order valence-electron chi connectivity index (χ1n) is 7.20. The van der Waals surface area contributed by atoms with E-state index < -0.39 is 0 Å². The average molecular weight is 278 g/mol. The number of amides is 1. The second kappa shape index (κ2) is 8.59. The van der Waals surface area contributed by atoms with Crippen molar-refractivity contribution < 1.29 is 9.53 Å². The maximum Gasteiger partial charge on any atom is 0.237 e. The van der Waals surface area contributed by atoms with Crippen LogP contribution in [0.4, 0.5) is 0 Å². The van der Waals surface area contributed by atoms with Gasteiger partial charge in [0, 0.05) is 6.54 Å². The van der Waals surface area contributed by atoms with Crippen LogP contribution in [0.2, 0.25) is 0 Å². The van der Waals surface area contributed by atoms with Gasteiger partial charge in [-0.05, 0) is 51.6 Å². The Balaban J connectivity index is 2.40. The molecule has 0 heterocycles. The first-order valence-corrected chi connectivity index (χ1v) is 7.20. The van der Waals surface area contributed by atoms with Gasteiger partial charge < -0.3 is 10.1 Å². The molecule has 0 radical (unpaired) electrons. The standard InChI is InChI=1S/C16H26N2O2/c1-5-11-20-15-8-6-7-14(12-15)9-10-17-16(19)13(2)18(3)4/h6-8,12-13H,5,9-11H2,1-4H3,(H,17,19). The maximum absolute atomic E-state index is 11.8. The van der Waals surface area contributed by atoms with Crippen LogP contribution < -0.4 is 10.1 Å². The molecule has 20 heavy (non-hydrogen) atoms. The molecule has 1 amide bonds. The number of rotatable bonds is 8. The molecule has 0 aliphatic carbocycles. The third-order valence-electron chi connectivity index (χ3n) is 3.24. The van der Waals surface area contributed by atoms with Crippen LogP contribution in [0.3, 0.4) is 0 Å². The SMILES string of the molecule is CCCOc1cccc(CCNC(=O)C(C)N(C)C)c1. The second-order valence-electron chi connectivity index (χ2n) is 5.18. The van der Waals surface area contributed by atoms with Gasteiger partial charge in [-0.25, -0.2) is 0 Å². The van der Waals surface area contributed by atoms with E-state index in [1.54, 1.807) is 0 Å². The molecule has 1 atom stereocenters. The van der Waals surface area contributed by atoms with Crippen molar-refractivity contribution in [1.29, 1.82) is 0 Å². The Morgan fingerprint density at radius 3 is 2.80 bits per heavy atom. The highest BCUT2D eigenvalue weighted by molar-refractivity contribution is 5.81. The Bertz CT molecular complexity index is 419. The summed E-state index contributed by atoms with van der Waals surface area (Å²) >= 11 is 0. The molecule has 1 N–H and O–H groups in total. The largest absolute Gasteiger partial charge is 0.494 e. The van der Waals surface area contributed by atoms with Crippen molar-refractivity contribution in [2.75, 3.05) is 27.2 Å². The van der Waals surface area contributed by atoms with E-state index in [9.17, 15) is 4.79 Å². The maximum atomic E-state index is 11.8. The molecule has 0 aromatic heterocycles. The van der Waals surface area contributed by atoms with E-state index in [-0.39, 0.29) is 11.9 Å². The highest BCUT2D eigenvalue weighted by atomic mass is 16.5. The molecule has 0 bridgehead atoms. The quantitative estimate of drug-likeness (QED) is 0.791. The zero-order valence-corrected chi connectivity index (χ0v) is 13.0. The molecule has 0 fully saturated rings. The number of hydrogen-bond donors (Lipinski definition) is 1. The van der Waals surface area contributed by atoms with Crippen molar-refractivity contribution in [1.82, 2.24) is 10.2 Å². The van der Waals surface area contributed by atoms with Gasteiger partial charge in [-0.2, -0.15) is 0 Å². The van der Waals surface area contributed by atoms with Crippen LogP contribution in [0.5, 0.6) is 5.75 Å². The van der Waals surface area contributed by atoms with E-state index in [1.165, 1.54) is 5.56 Å². The van der Waals surface area contributed by atoms with Gasteiger partial charge in [0.05, 0.1) is 12.6 Å². The van der Waals surface area contributed by atoms with Crippen LogP contribution in [0.25, 0.3) is 0 Å². The molecule has 0 saturated carbocycles. The molecule has 0 spiro atoms. The van der Waals surface area contributed by atoms with E-state index in [0.717, 1.165) is 25.2 Å². The number of ether oxygens (including phenoxy) is 1. The summed E-state index contributed by atoms with van der Waals surface area (Å²) in [5.74, 6) is 0.964. The molecule has 4 heteroatoms. The molecule has 1 aromatic rings. The van der Waals surface area contributed by atoms with Crippen LogP contribution in [-0.4, -0.2) is 44.1 Å². The third kappa shape index (κ3) is 5.61. The Hall–Kier alpha value is -1.55. The molecule has 1 aromatic carbocycles. The highest BCUT2D eigenvalue weighted by Crippen LogP contribution is 2.13. The summed E-state index contributed by atoms with van der Waals surface area (Å²) in [6.07, 6.45) is 1.82. The summed E-state index contributed by atoms with van der Waals surface area (Å²) in [6.45, 7) is 5.37. The minimum atomic E-state index is -0.103. The van der Waals surface area contributed by atoms with Crippen LogP contribution >= 0.6 is 0 Å². The van der Waals surface area contributed by atoms with Gasteiger partial charge in [0.15, 0.2) is 0 Å². The number of nitrogens with one attached hydrogen (secondary N) is 1. The molecule has 0 aliphatic rings. The summed E-state index contributed by atoms with van der Waals surface area (Å²) in [5, 5.41) is 2.95. The summed E-state index contributed by atoms with van der Waals surface area (Å²) in [4.78, 5) is 13.7. The minimum Gasteiger partial charge on any atom is -0.494 e. The first-order chi connectivity index (χ1) is 9.54. The Morgan fingerprint density at radius 1 is 1.40 bits per heavy atom. The zero-order chi connectivity index (χ0) is 15.0. The van der Waals surface area contributed by atoms with Gasteiger partial charge in [-0.15, -0.1) is 0 Å². The summed E-state index contributed by atoms with van der Waals surface area (Å²) in [7, 11) is 3.80. The molecule has 0 aliphatic heterocycles. The molecule has 112 valence electrons. The van der Waals surface area contributed by atoms with Gasteiger partial charge in [-0.1, -0.05) is 19.1 Å². The van der Waals surface area contributed by atoms with E-state index in [0.29, 0.717) is 6.54 Å². The zero-order valence-electron chi connectivity index (χ0n) is 13.0. The number of nitrogens with zero attached hydrogens (tertiary/aromatic N) is 1. The van der Waals surface area contributed by atoms with E-state index >= 15 is 0 Å². The van der Waals surface area contributed by atoms with Crippen molar-refractivity contribution in [3.63, 3.8) is 0 Å². The topological polar surface area (TPSA) is 41.6 Å². The van der Waals surface area contributed by atoms with Crippen molar-refractivity contribution in [2.45, 2.75) is 32.7 Å². The summed E-state index contributed by atoms with van der Waals surface area (Å²) < 4.78 is 5.60. The molecular formula is C16H26N2O2. The molecule has 1 unspecified atom stereocenters. The molecule has 0 saturated heterocycles. The predicted molar refractivity (Wildman–Crippen MR) is 82.1 cm³/mol. The van der Waals surface area contributed by atoms with Crippen molar-refractivity contribution in [2.24, 2.45) is 0 Å². The number of carbonyl (C=O) groups excluding carboxylic acids is 1. The van der Waals surface area contributed by atoms with Gasteiger partial charge >= 0.3 is 0 Å². The Labute approximate surface area is 122 Å². The van der Waals surface area contributed by atoms with Crippen LogP contribution in [0.1, 0.15) is 25.8 Å². The van der Waals surface area contributed by atoms with Gasteiger partial charge in [-0.3, -0.25) is 9.69 Å². The molecular weight excluding hydrogens is 252 g/mol. The van der Waals surface area contributed by atoms with Crippen LogP contribution in [-0.2, 0) is 11.2 Å². The van der Waals surface area contributed by atoms with Crippen molar-refractivity contribution in [3.05, 3.63) is 29.8 Å². The van der Waals surface area contributed by atoms with Gasteiger partial charge in [0.25, 0.3) is 0 Å². The molecule has 1 rings (SSSR count). The lowest BCUT2D eigenvalue weighted by atomic mass is 10.1. The van der Waals surface area contributed by atoms with E-state index in [4.69, 9.17) is 4.74 Å². The number of likely N-dealkylation sites (N-methyl/N-ethyl adjacent to an activating group) is 1. The van der Waals surface area contributed by atoms with Gasteiger partial charge in [0.2, 0.25) is 5.91 Å². The first kappa shape index (κ1) is 16.5. The smallest absolute Gasteiger partial charge is 0.237 e. The minimum absolute atomic E-state index is 0.0633. The predicted octanol–water partition coefficient (Wildman–Crippen LogP) is 2.08.